The van der Waals surface area contributed by atoms with Crippen LogP contribution in [-0.2, 0) is 16.1 Å². The van der Waals surface area contributed by atoms with E-state index >= 15 is 0 Å². The molecule has 1 aromatic rings. The summed E-state index contributed by atoms with van der Waals surface area (Å²) in [6, 6.07) is 1.67. The van der Waals surface area contributed by atoms with E-state index in [9.17, 15) is 9.59 Å². The van der Waals surface area contributed by atoms with Gasteiger partial charge in [-0.2, -0.15) is 0 Å². The first-order valence-electron chi connectivity index (χ1n) is 7.15. The van der Waals surface area contributed by atoms with Gasteiger partial charge in [0.15, 0.2) is 0 Å². The Morgan fingerprint density at radius 3 is 2.65 bits per heavy atom. The number of aryl methyl sites for hydroxylation is 1. The molecule has 2 N–H and O–H groups in total. The molecule has 0 spiro atoms. The second kappa shape index (κ2) is 6.88. The van der Waals surface area contributed by atoms with Gasteiger partial charge in [0.2, 0.25) is 11.8 Å². The minimum absolute atomic E-state index is 0.0556. The van der Waals surface area contributed by atoms with Gasteiger partial charge in [-0.3, -0.25) is 9.59 Å². The summed E-state index contributed by atoms with van der Waals surface area (Å²) in [5.74, 6) is 0.0904. The molecule has 5 heteroatoms. The molecule has 20 heavy (non-hydrogen) atoms. The normalized spacial score (nSPS) is 16.9. The van der Waals surface area contributed by atoms with Gasteiger partial charge >= 0.3 is 0 Å². The van der Waals surface area contributed by atoms with E-state index in [1.54, 1.807) is 11.3 Å². The summed E-state index contributed by atoms with van der Waals surface area (Å²) in [5.41, 5.74) is 1.20. The summed E-state index contributed by atoms with van der Waals surface area (Å²) in [6.45, 7) is 4.06. The molecule has 0 bridgehead atoms. The number of carbonyl (C=O) groups is 2. The monoisotopic (exact) mass is 294 g/mol. The molecule has 2 amide bonds. The van der Waals surface area contributed by atoms with Gasteiger partial charge in [0.25, 0.3) is 0 Å². The molecule has 0 radical (unpaired) electrons. The molecule has 1 fully saturated rings. The molecule has 1 aromatic heterocycles. The minimum Gasteiger partial charge on any atom is -0.349 e. The first-order chi connectivity index (χ1) is 9.58. The molecule has 1 aliphatic rings. The lowest BCUT2D eigenvalue weighted by atomic mass is 9.97. The third-order valence-corrected chi connectivity index (χ3v) is 4.93. The van der Waals surface area contributed by atoms with Gasteiger partial charge in [0, 0.05) is 11.8 Å². The van der Waals surface area contributed by atoms with Gasteiger partial charge in [-0.15, -0.1) is 11.3 Å². The van der Waals surface area contributed by atoms with E-state index in [1.165, 1.54) is 17.4 Å². The van der Waals surface area contributed by atoms with E-state index < -0.39 is 0 Å². The van der Waals surface area contributed by atoms with E-state index in [2.05, 4.69) is 16.7 Å². The zero-order chi connectivity index (χ0) is 14.5. The van der Waals surface area contributed by atoms with Crippen molar-refractivity contribution in [3.63, 3.8) is 0 Å². The number of hydrogen-bond donors (Lipinski definition) is 2. The largest absolute Gasteiger partial charge is 0.349 e. The highest BCUT2D eigenvalue weighted by Gasteiger charge is 2.31. The summed E-state index contributed by atoms with van der Waals surface area (Å²) >= 11 is 1.65. The van der Waals surface area contributed by atoms with E-state index in [0.717, 1.165) is 25.7 Å². The number of rotatable bonds is 5. The topological polar surface area (TPSA) is 58.2 Å². The summed E-state index contributed by atoms with van der Waals surface area (Å²) in [7, 11) is 0. The van der Waals surface area contributed by atoms with Crippen molar-refractivity contribution in [2.24, 2.45) is 5.92 Å². The van der Waals surface area contributed by atoms with Crippen molar-refractivity contribution in [1.29, 1.82) is 0 Å². The Morgan fingerprint density at radius 1 is 1.40 bits per heavy atom. The predicted octanol–water partition coefficient (Wildman–Crippen LogP) is 2.37. The minimum atomic E-state index is -0.379. The molecule has 4 nitrogen and oxygen atoms in total. The molecule has 1 unspecified atom stereocenters. The predicted molar refractivity (Wildman–Crippen MR) is 80.5 cm³/mol. The fraction of sp³-hybridized carbons (Fsp3) is 0.600. The summed E-state index contributed by atoms with van der Waals surface area (Å²) in [6.07, 6.45) is 4.35. The lowest BCUT2D eigenvalue weighted by Crippen LogP contribution is -2.49. The van der Waals surface area contributed by atoms with Crippen LogP contribution in [-0.4, -0.2) is 17.9 Å². The number of hydrogen-bond acceptors (Lipinski definition) is 3. The standard InChI is InChI=1S/C15H22N2O2S/c1-10-7-8-20-13(10)9-16-15(19)14(17-11(2)18)12-5-3-4-6-12/h7-8,12,14H,3-6,9H2,1-2H3,(H,16,19)(H,17,18). The highest BCUT2D eigenvalue weighted by atomic mass is 32.1. The molecular formula is C15H22N2O2S. The van der Waals surface area contributed by atoms with Crippen LogP contribution in [0.2, 0.25) is 0 Å². The van der Waals surface area contributed by atoms with Gasteiger partial charge in [-0.05, 0) is 42.7 Å². The Labute approximate surface area is 124 Å². The highest BCUT2D eigenvalue weighted by molar-refractivity contribution is 7.10. The van der Waals surface area contributed by atoms with E-state index in [-0.39, 0.29) is 23.8 Å². The molecule has 0 saturated heterocycles. The van der Waals surface area contributed by atoms with Crippen LogP contribution in [0.4, 0.5) is 0 Å². The van der Waals surface area contributed by atoms with Crippen molar-refractivity contribution in [2.75, 3.05) is 0 Å². The fourth-order valence-electron chi connectivity index (χ4n) is 2.77. The molecule has 1 saturated carbocycles. The zero-order valence-corrected chi connectivity index (χ0v) is 12.9. The van der Waals surface area contributed by atoms with Crippen LogP contribution in [0.15, 0.2) is 11.4 Å². The van der Waals surface area contributed by atoms with Crippen molar-refractivity contribution in [3.8, 4) is 0 Å². The molecular weight excluding hydrogens is 272 g/mol. The van der Waals surface area contributed by atoms with Gasteiger partial charge in [0.05, 0.1) is 6.54 Å². The Bertz CT molecular complexity index is 478. The van der Waals surface area contributed by atoms with Crippen molar-refractivity contribution in [3.05, 3.63) is 21.9 Å². The van der Waals surface area contributed by atoms with Crippen LogP contribution in [0.3, 0.4) is 0 Å². The maximum absolute atomic E-state index is 12.4. The molecule has 1 aliphatic carbocycles. The van der Waals surface area contributed by atoms with Crippen LogP contribution in [0.5, 0.6) is 0 Å². The van der Waals surface area contributed by atoms with Gasteiger partial charge in [-0.25, -0.2) is 0 Å². The quantitative estimate of drug-likeness (QED) is 0.876. The maximum Gasteiger partial charge on any atom is 0.243 e. The van der Waals surface area contributed by atoms with Crippen LogP contribution in [0.1, 0.15) is 43.0 Å². The Balaban J connectivity index is 1.95. The second-order valence-corrected chi connectivity index (χ2v) is 6.47. The third kappa shape index (κ3) is 3.82. The average molecular weight is 294 g/mol. The van der Waals surface area contributed by atoms with Crippen molar-refractivity contribution in [2.45, 2.75) is 52.1 Å². The zero-order valence-electron chi connectivity index (χ0n) is 12.1. The molecule has 110 valence electrons. The average Bonchev–Trinajstić information content (AvgIpc) is 3.04. The van der Waals surface area contributed by atoms with Gasteiger partial charge < -0.3 is 10.6 Å². The summed E-state index contributed by atoms with van der Waals surface area (Å²) < 4.78 is 0. The van der Waals surface area contributed by atoms with Crippen LogP contribution < -0.4 is 10.6 Å². The molecule has 0 aliphatic heterocycles. The third-order valence-electron chi connectivity index (χ3n) is 3.90. The van der Waals surface area contributed by atoms with E-state index in [0.29, 0.717) is 6.54 Å². The smallest absolute Gasteiger partial charge is 0.243 e. The van der Waals surface area contributed by atoms with Crippen LogP contribution in [0, 0.1) is 12.8 Å². The van der Waals surface area contributed by atoms with Crippen LogP contribution >= 0.6 is 11.3 Å². The Hall–Kier alpha value is -1.36. The van der Waals surface area contributed by atoms with Gasteiger partial charge in [-0.1, -0.05) is 12.8 Å². The maximum atomic E-state index is 12.4. The first-order valence-corrected chi connectivity index (χ1v) is 8.03. The molecule has 0 aromatic carbocycles. The molecule has 1 heterocycles. The molecule has 2 rings (SSSR count). The van der Waals surface area contributed by atoms with Gasteiger partial charge in [0.1, 0.15) is 6.04 Å². The lowest BCUT2D eigenvalue weighted by molar-refractivity contribution is -0.129. The lowest BCUT2D eigenvalue weighted by Gasteiger charge is -2.23. The Morgan fingerprint density at radius 2 is 2.10 bits per heavy atom. The van der Waals surface area contributed by atoms with E-state index in [1.807, 2.05) is 12.3 Å². The van der Waals surface area contributed by atoms with Crippen molar-refractivity contribution < 1.29 is 9.59 Å². The summed E-state index contributed by atoms with van der Waals surface area (Å²) in [5, 5.41) is 7.81. The highest BCUT2D eigenvalue weighted by Crippen LogP contribution is 2.28. The van der Waals surface area contributed by atoms with Crippen molar-refractivity contribution in [1.82, 2.24) is 10.6 Å². The summed E-state index contributed by atoms with van der Waals surface area (Å²) in [4.78, 5) is 24.8. The second-order valence-electron chi connectivity index (χ2n) is 5.47. The number of carbonyl (C=O) groups excluding carboxylic acids is 2. The number of nitrogens with one attached hydrogen (secondary N) is 2. The van der Waals surface area contributed by atoms with Crippen molar-refractivity contribution >= 4 is 23.2 Å². The fourth-order valence-corrected chi connectivity index (χ4v) is 3.62. The van der Waals surface area contributed by atoms with Crippen LogP contribution in [0.25, 0.3) is 0 Å². The molecule has 1 atom stereocenters. The number of thiophene rings is 1. The van der Waals surface area contributed by atoms with E-state index in [4.69, 9.17) is 0 Å². The number of amides is 2. The Kier molecular flexibility index (Phi) is 5.17. The first kappa shape index (κ1) is 15.0. The SMILES string of the molecule is CC(=O)NC(C(=O)NCc1sccc1C)C1CCCC1.